The summed E-state index contributed by atoms with van der Waals surface area (Å²) >= 11 is 3.12. The second-order valence-electron chi connectivity index (χ2n) is 5.06. The highest BCUT2D eigenvalue weighted by atomic mass is 79.9. The van der Waals surface area contributed by atoms with E-state index < -0.39 is 11.7 Å². The number of rotatable bonds is 5. The van der Waals surface area contributed by atoms with Crippen molar-refractivity contribution >= 4 is 21.6 Å². The molecule has 1 aliphatic rings. The van der Waals surface area contributed by atoms with Crippen LogP contribution in [0.5, 0.6) is 0 Å². The monoisotopic (exact) mass is 350 g/mol. The van der Waals surface area contributed by atoms with Gasteiger partial charge in [0, 0.05) is 16.7 Å². The maximum absolute atomic E-state index is 12.7. The van der Waals surface area contributed by atoms with Gasteiger partial charge in [0.1, 0.15) is 0 Å². The number of halogens is 4. The van der Waals surface area contributed by atoms with E-state index in [4.69, 9.17) is 0 Å². The fourth-order valence-electron chi connectivity index (χ4n) is 2.40. The molecule has 0 radical (unpaired) electrons. The fourth-order valence-corrected chi connectivity index (χ4v) is 2.89. The molecule has 0 unspecified atom stereocenters. The first-order valence-electron chi connectivity index (χ1n) is 6.79. The zero-order valence-electron chi connectivity index (χ0n) is 11.1. The molecule has 6 heteroatoms. The lowest BCUT2D eigenvalue weighted by molar-refractivity contribution is -0.137. The molecule has 2 nitrogen and oxygen atoms in total. The van der Waals surface area contributed by atoms with Crippen molar-refractivity contribution in [2.45, 2.75) is 25.4 Å². The summed E-state index contributed by atoms with van der Waals surface area (Å²) in [6, 6.07) is 3.92. The van der Waals surface area contributed by atoms with Gasteiger partial charge in [-0.3, -0.25) is 0 Å². The molecule has 112 valence electrons. The van der Waals surface area contributed by atoms with Gasteiger partial charge in [0.15, 0.2) is 0 Å². The van der Waals surface area contributed by atoms with Crippen LogP contribution in [-0.2, 0) is 6.18 Å². The lowest BCUT2D eigenvalue weighted by atomic mass is 10.2. The molecule has 1 aliphatic heterocycles. The summed E-state index contributed by atoms with van der Waals surface area (Å²) in [4.78, 5) is 2.39. The van der Waals surface area contributed by atoms with Crippen molar-refractivity contribution in [3.05, 3.63) is 28.2 Å². The average Bonchev–Trinajstić information content (AvgIpc) is 2.86. The number of anilines is 1. The van der Waals surface area contributed by atoms with Gasteiger partial charge in [0.05, 0.1) is 5.56 Å². The smallest absolute Gasteiger partial charge is 0.385 e. The summed E-state index contributed by atoms with van der Waals surface area (Å²) in [7, 11) is 0. The minimum Gasteiger partial charge on any atom is -0.385 e. The van der Waals surface area contributed by atoms with Crippen LogP contribution in [0.1, 0.15) is 24.8 Å². The number of hydrogen-bond donors (Lipinski definition) is 1. The van der Waals surface area contributed by atoms with Crippen LogP contribution in [0, 0.1) is 0 Å². The normalized spacial score (nSPS) is 16.6. The quantitative estimate of drug-likeness (QED) is 0.793. The predicted molar refractivity (Wildman–Crippen MR) is 77.9 cm³/mol. The third-order valence-corrected chi connectivity index (χ3v) is 3.86. The van der Waals surface area contributed by atoms with E-state index in [0.29, 0.717) is 16.7 Å². The van der Waals surface area contributed by atoms with E-state index in [2.05, 4.69) is 26.1 Å². The number of likely N-dealkylation sites (tertiary alicyclic amines) is 1. The van der Waals surface area contributed by atoms with Crippen LogP contribution < -0.4 is 5.32 Å². The van der Waals surface area contributed by atoms with Gasteiger partial charge < -0.3 is 10.2 Å². The average molecular weight is 351 g/mol. The standard InChI is InChI=1S/C14H18BrF3N2/c15-12-8-11(14(16,17)18)9-13(10-12)19-4-3-7-20-5-1-2-6-20/h8-10,19H,1-7H2. The number of hydrogen-bond acceptors (Lipinski definition) is 2. The molecule has 1 aromatic carbocycles. The Morgan fingerprint density at radius 2 is 1.85 bits per heavy atom. The third-order valence-electron chi connectivity index (χ3n) is 3.40. The number of benzene rings is 1. The van der Waals surface area contributed by atoms with Crippen molar-refractivity contribution in [2.75, 3.05) is 31.5 Å². The molecule has 0 aliphatic carbocycles. The van der Waals surface area contributed by atoms with E-state index in [0.717, 1.165) is 38.2 Å². The minimum absolute atomic E-state index is 0.439. The third kappa shape index (κ3) is 4.66. The Hall–Kier alpha value is -0.750. The molecule has 0 saturated carbocycles. The Bertz CT molecular complexity index is 443. The van der Waals surface area contributed by atoms with Gasteiger partial charge in [0.2, 0.25) is 0 Å². The van der Waals surface area contributed by atoms with E-state index >= 15 is 0 Å². The zero-order valence-corrected chi connectivity index (χ0v) is 12.7. The van der Waals surface area contributed by atoms with E-state index in [1.54, 1.807) is 6.07 Å². The van der Waals surface area contributed by atoms with Crippen LogP contribution in [0.25, 0.3) is 0 Å². The molecular weight excluding hydrogens is 333 g/mol. The zero-order chi connectivity index (χ0) is 14.6. The van der Waals surface area contributed by atoms with E-state index in [-0.39, 0.29) is 0 Å². The molecule has 0 bridgehead atoms. The Labute approximate surface area is 125 Å². The van der Waals surface area contributed by atoms with Crippen LogP contribution in [-0.4, -0.2) is 31.1 Å². The largest absolute Gasteiger partial charge is 0.416 e. The topological polar surface area (TPSA) is 15.3 Å². The molecule has 1 aromatic rings. The van der Waals surface area contributed by atoms with Crippen molar-refractivity contribution in [2.24, 2.45) is 0 Å². The molecular formula is C14H18BrF3N2. The van der Waals surface area contributed by atoms with Gasteiger partial charge in [-0.05, 0) is 57.1 Å². The Balaban J connectivity index is 1.84. The van der Waals surface area contributed by atoms with Gasteiger partial charge in [-0.2, -0.15) is 13.2 Å². The van der Waals surface area contributed by atoms with Gasteiger partial charge in [-0.15, -0.1) is 0 Å². The van der Waals surface area contributed by atoms with Gasteiger partial charge in [0.25, 0.3) is 0 Å². The maximum atomic E-state index is 12.7. The summed E-state index contributed by atoms with van der Waals surface area (Å²) in [5.74, 6) is 0. The summed E-state index contributed by atoms with van der Waals surface area (Å²) in [5.41, 5.74) is -0.123. The second-order valence-corrected chi connectivity index (χ2v) is 5.97. The SMILES string of the molecule is FC(F)(F)c1cc(Br)cc(NCCCN2CCCC2)c1. The Kier molecular flexibility index (Phi) is 5.32. The first kappa shape index (κ1) is 15.6. The lowest BCUT2D eigenvalue weighted by Crippen LogP contribution is -2.22. The second kappa shape index (κ2) is 6.80. The number of nitrogens with one attached hydrogen (secondary N) is 1. The summed E-state index contributed by atoms with van der Waals surface area (Å²) in [5, 5.41) is 3.07. The molecule has 1 saturated heterocycles. The summed E-state index contributed by atoms with van der Waals surface area (Å²) < 4.78 is 38.5. The van der Waals surface area contributed by atoms with Crippen LogP contribution in [0.3, 0.4) is 0 Å². The van der Waals surface area contributed by atoms with E-state index in [1.807, 2.05) is 0 Å². The van der Waals surface area contributed by atoms with Crippen molar-refractivity contribution in [1.82, 2.24) is 4.90 Å². The van der Waals surface area contributed by atoms with Crippen LogP contribution in [0.4, 0.5) is 18.9 Å². The highest BCUT2D eigenvalue weighted by Gasteiger charge is 2.31. The maximum Gasteiger partial charge on any atom is 0.416 e. The molecule has 1 fully saturated rings. The van der Waals surface area contributed by atoms with Crippen LogP contribution >= 0.6 is 15.9 Å². The summed E-state index contributed by atoms with van der Waals surface area (Å²) in [6.07, 6.45) is -0.856. The molecule has 0 spiro atoms. The van der Waals surface area contributed by atoms with Crippen molar-refractivity contribution in [3.63, 3.8) is 0 Å². The van der Waals surface area contributed by atoms with Gasteiger partial charge in [-0.25, -0.2) is 0 Å². The highest BCUT2D eigenvalue weighted by molar-refractivity contribution is 9.10. The Morgan fingerprint density at radius 3 is 2.50 bits per heavy atom. The lowest BCUT2D eigenvalue weighted by Gasteiger charge is -2.15. The molecule has 1 N–H and O–H groups in total. The van der Waals surface area contributed by atoms with Gasteiger partial charge in [-0.1, -0.05) is 15.9 Å². The van der Waals surface area contributed by atoms with E-state index in [9.17, 15) is 13.2 Å². The number of nitrogens with zero attached hydrogens (tertiary/aromatic N) is 1. The molecule has 0 atom stereocenters. The predicted octanol–water partition coefficient (Wildman–Crippen LogP) is 4.37. The van der Waals surface area contributed by atoms with Crippen molar-refractivity contribution < 1.29 is 13.2 Å². The molecule has 0 aromatic heterocycles. The van der Waals surface area contributed by atoms with Crippen LogP contribution in [0.2, 0.25) is 0 Å². The van der Waals surface area contributed by atoms with Crippen molar-refractivity contribution in [3.8, 4) is 0 Å². The minimum atomic E-state index is -4.31. The first-order valence-corrected chi connectivity index (χ1v) is 7.58. The van der Waals surface area contributed by atoms with E-state index in [1.165, 1.54) is 12.8 Å². The molecule has 20 heavy (non-hydrogen) atoms. The Morgan fingerprint density at radius 1 is 1.15 bits per heavy atom. The molecule has 1 heterocycles. The van der Waals surface area contributed by atoms with Gasteiger partial charge >= 0.3 is 6.18 Å². The number of alkyl halides is 3. The molecule has 0 amide bonds. The summed E-state index contributed by atoms with van der Waals surface area (Å²) in [6.45, 7) is 3.99. The first-order chi connectivity index (χ1) is 9.45. The highest BCUT2D eigenvalue weighted by Crippen LogP contribution is 2.33. The fraction of sp³-hybridized carbons (Fsp3) is 0.571. The molecule has 2 rings (SSSR count). The van der Waals surface area contributed by atoms with Crippen LogP contribution in [0.15, 0.2) is 22.7 Å². The van der Waals surface area contributed by atoms with Crippen molar-refractivity contribution in [1.29, 1.82) is 0 Å².